The number of nitrogens with two attached hydrogens (primary N) is 1. The van der Waals surface area contributed by atoms with Crippen LogP contribution in [-0.4, -0.2) is 85.4 Å². The third kappa shape index (κ3) is 4.97. The van der Waals surface area contributed by atoms with Crippen LogP contribution in [0.4, 0.5) is 5.69 Å². The molecule has 1 aromatic carbocycles. The van der Waals surface area contributed by atoms with E-state index >= 15 is 0 Å². The van der Waals surface area contributed by atoms with Gasteiger partial charge >= 0.3 is 0 Å². The van der Waals surface area contributed by atoms with Crippen LogP contribution in [0, 0.1) is 17.3 Å². The molecule has 208 valence electrons. The molecule has 4 atom stereocenters. The first-order valence-corrected chi connectivity index (χ1v) is 14.5. The van der Waals surface area contributed by atoms with Crippen molar-refractivity contribution < 1.29 is 19.1 Å². The van der Waals surface area contributed by atoms with Gasteiger partial charge in [0.1, 0.15) is 12.6 Å². The Morgan fingerprint density at radius 1 is 1.11 bits per heavy atom. The Balaban J connectivity index is 1.53. The minimum absolute atomic E-state index is 0.0158. The molecule has 0 aromatic heterocycles. The van der Waals surface area contributed by atoms with E-state index in [-0.39, 0.29) is 41.7 Å². The van der Waals surface area contributed by atoms with Crippen LogP contribution in [-0.2, 0) is 14.3 Å². The molecule has 4 aliphatic rings. The van der Waals surface area contributed by atoms with Crippen molar-refractivity contribution in [2.45, 2.75) is 71.4 Å². The summed E-state index contributed by atoms with van der Waals surface area (Å²) in [5.74, 6) is -0.873. The molecule has 0 spiro atoms. The lowest BCUT2D eigenvalue weighted by Crippen LogP contribution is -2.46. The summed E-state index contributed by atoms with van der Waals surface area (Å²) >= 11 is 0. The summed E-state index contributed by atoms with van der Waals surface area (Å²) in [6.07, 6.45) is 3.73. The molecule has 1 aliphatic carbocycles. The van der Waals surface area contributed by atoms with Crippen LogP contribution >= 0.6 is 0 Å². The summed E-state index contributed by atoms with van der Waals surface area (Å²) in [6, 6.07) is 5.28. The summed E-state index contributed by atoms with van der Waals surface area (Å²) in [4.78, 5) is 46.8. The molecule has 38 heavy (non-hydrogen) atoms. The molecule has 8 heteroatoms. The molecule has 3 saturated heterocycles. The van der Waals surface area contributed by atoms with Crippen LogP contribution in [0.25, 0.3) is 0 Å². The topological polar surface area (TPSA) is 96.2 Å². The largest absolute Gasteiger partial charge is 0.369 e. The molecule has 1 saturated carbocycles. The van der Waals surface area contributed by atoms with E-state index in [0.717, 1.165) is 69.7 Å². The van der Waals surface area contributed by atoms with Crippen molar-refractivity contribution in [1.82, 2.24) is 9.80 Å². The molecule has 8 nitrogen and oxygen atoms in total. The first-order chi connectivity index (χ1) is 18.1. The molecule has 3 aliphatic heterocycles. The van der Waals surface area contributed by atoms with Gasteiger partial charge in [0, 0.05) is 49.9 Å². The fourth-order valence-corrected chi connectivity index (χ4v) is 7.26. The molecule has 0 radical (unpaired) electrons. The van der Waals surface area contributed by atoms with Gasteiger partial charge in [0.05, 0.1) is 12.0 Å². The van der Waals surface area contributed by atoms with E-state index in [9.17, 15) is 14.4 Å². The van der Waals surface area contributed by atoms with E-state index < -0.39 is 17.9 Å². The van der Waals surface area contributed by atoms with Gasteiger partial charge in [-0.15, -0.1) is 0 Å². The third-order valence-corrected chi connectivity index (χ3v) is 9.54. The Kier molecular flexibility index (Phi) is 7.57. The Morgan fingerprint density at radius 2 is 1.79 bits per heavy atom. The quantitative estimate of drug-likeness (QED) is 0.615. The zero-order valence-electron chi connectivity index (χ0n) is 23.4. The number of carbonyl (C=O) groups excluding carboxylic acids is 3. The van der Waals surface area contributed by atoms with Crippen molar-refractivity contribution >= 4 is 23.3 Å². The van der Waals surface area contributed by atoms with Gasteiger partial charge in [-0.1, -0.05) is 40.5 Å². The van der Waals surface area contributed by atoms with E-state index in [1.807, 2.05) is 18.2 Å². The number of benzene rings is 1. The number of primary amides is 1. The second kappa shape index (κ2) is 10.6. The van der Waals surface area contributed by atoms with Gasteiger partial charge in [-0.2, -0.15) is 0 Å². The summed E-state index contributed by atoms with van der Waals surface area (Å²) in [5, 5.41) is 0. The van der Waals surface area contributed by atoms with Crippen LogP contribution in [0.1, 0.15) is 75.2 Å². The number of amides is 2. The zero-order chi connectivity index (χ0) is 27.2. The smallest absolute Gasteiger partial charge is 0.249 e. The van der Waals surface area contributed by atoms with Crippen LogP contribution in [0.3, 0.4) is 0 Å². The summed E-state index contributed by atoms with van der Waals surface area (Å²) in [7, 11) is 0. The van der Waals surface area contributed by atoms with Crippen LogP contribution in [0.2, 0.25) is 0 Å². The average molecular weight is 525 g/mol. The number of likely N-dealkylation sites (N-methyl/N-ethyl adjacent to an activating group) is 1. The van der Waals surface area contributed by atoms with E-state index in [0.29, 0.717) is 12.1 Å². The van der Waals surface area contributed by atoms with Gasteiger partial charge in [-0.05, 0) is 54.5 Å². The Hall–Kier alpha value is -2.45. The second-order valence-corrected chi connectivity index (χ2v) is 12.7. The molecule has 2 N–H and O–H groups in total. The van der Waals surface area contributed by atoms with Crippen molar-refractivity contribution in [3.8, 4) is 0 Å². The SMILES string of the molecule is CCN1CCN(c2ccc(C(N)=O)c([C@@H](C(=O)N3C[C@H](C(C)(C)C)[C@H]4OCC(=O)[C@H]43)C3CCCC3)c2)CC1. The van der Waals surface area contributed by atoms with Gasteiger partial charge in [0.15, 0.2) is 5.78 Å². The van der Waals surface area contributed by atoms with Gasteiger partial charge in [0.2, 0.25) is 11.8 Å². The maximum atomic E-state index is 14.6. The number of piperazine rings is 1. The first-order valence-electron chi connectivity index (χ1n) is 14.5. The number of nitrogens with zero attached hydrogens (tertiary/aromatic N) is 3. The highest BCUT2D eigenvalue weighted by Gasteiger charge is 2.56. The van der Waals surface area contributed by atoms with Crippen LogP contribution in [0.5, 0.6) is 0 Å². The predicted octanol–water partition coefficient (Wildman–Crippen LogP) is 3.04. The van der Waals surface area contributed by atoms with Crippen molar-refractivity contribution in [2.75, 3.05) is 50.8 Å². The molecular weight excluding hydrogens is 480 g/mol. The number of ketones is 1. The highest BCUT2D eigenvalue weighted by Crippen LogP contribution is 2.46. The van der Waals surface area contributed by atoms with E-state index in [4.69, 9.17) is 10.5 Å². The number of Topliss-reactive ketones (excluding diaryl/α,β-unsaturated/α-hetero) is 1. The Labute approximate surface area is 226 Å². The molecule has 5 rings (SSSR count). The average Bonchev–Trinajstić information content (AvgIpc) is 3.63. The summed E-state index contributed by atoms with van der Waals surface area (Å²) < 4.78 is 5.97. The van der Waals surface area contributed by atoms with Crippen LogP contribution < -0.4 is 10.6 Å². The normalized spacial score (nSPS) is 27.7. The molecular formula is C30H44N4O4. The lowest BCUT2D eigenvalue weighted by molar-refractivity contribution is -0.139. The number of hydrogen-bond donors (Lipinski definition) is 1. The number of hydrogen-bond acceptors (Lipinski definition) is 6. The second-order valence-electron chi connectivity index (χ2n) is 12.7. The number of rotatable bonds is 6. The highest BCUT2D eigenvalue weighted by molar-refractivity contribution is 5.99. The third-order valence-electron chi connectivity index (χ3n) is 9.54. The van der Waals surface area contributed by atoms with E-state index in [2.05, 4.69) is 37.5 Å². The standard InChI is InChI=1S/C30H44N4O4/c1-5-32-12-14-33(15-13-32)20-10-11-21(28(31)36)22(16-20)25(19-8-6-7-9-19)29(37)34-17-23(30(2,3)4)27-26(34)24(35)18-38-27/h10-11,16,19,23,25-27H,5-9,12-15,17-18H2,1-4H3,(H2,31,36)/t23-,25-,26+,27+/m0/s1. The molecule has 0 unspecified atom stereocenters. The fraction of sp³-hybridized carbons (Fsp3) is 0.700. The minimum atomic E-state index is -0.544. The highest BCUT2D eigenvalue weighted by atomic mass is 16.5. The molecule has 4 fully saturated rings. The van der Waals surface area contributed by atoms with Crippen molar-refractivity contribution in [2.24, 2.45) is 23.0 Å². The maximum Gasteiger partial charge on any atom is 0.249 e. The van der Waals surface area contributed by atoms with E-state index in [1.54, 1.807) is 4.90 Å². The zero-order valence-corrected chi connectivity index (χ0v) is 23.4. The Bertz CT molecular complexity index is 1070. The van der Waals surface area contributed by atoms with Gasteiger partial charge in [-0.3, -0.25) is 14.4 Å². The first kappa shape index (κ1) is 27.1. The fourth-order valence-electron chi connectivity index (χ4n) is 7.26. The number of fused-ring (bicyclic) bond motifs is 1. The van der Waals surface area contributed by atoms with Gasteiger partial charge < -0.3 is 25.2 Å². The number of ether oxygens (including phenoxy) is 1. The molecule has 3 heterocycles. The summed E-state index contributed by atoms with van der Waals surface area (Å²) in [5.41, 5.74) is 7.97. The summed E-state index contributed by atoms with van der Waals surface area (Å²) in [6.45, 7) is 14.0. The van der Waals surface area contributed by atoms with E-state index in [1.165, 1.54) is 0 Å². The minimum Gasteiger partial charge on any atom is -0.369 e. The lowest BCUT2D eigenvalue weighted by Gasteiger charge is -2.36. The number of likely N-dealkylation sites (tertiary alicyclic amines) is 1. The molecule has 1 aromatic rings. The van der Waals surface area contributed by atoms with Crippen LogP contribution in [0.15, 0.2) is 18.2 Å². The maximum absolute atomic E-state index is 14.6. The molecule has 2 amide bonds. The predicted molar refractivity (Wildman–Crippen MR) is 147 cm³/mol. The van der Waals surface area contributed by atoms with Gasteiger partial charge in [-0.25, -0.2) is 0 Å². The van der Waals surface area contributed by atoms with Crippen molar-refractivity contribution in [3.63, 3.8) is 0 Å². The number of carbonyl (C=O) groups is 3. The number of anilines is 1. The van der Waals surface area contributed by atoms with Gasteiger partial charge in [0.25, 0.3) is 0 Å². The molecule has 0 bridgehead atoms. The van der Waals surface area contributed by atoms with Crippen molar-refractivity contribution in [3.05, 3.63) is 29.3 Å². The lowest BCUT2D eigenvalue weighted by atomic mass is 9.78. The Morgan fingerprint density at radius 3 is 2.39 bits per heavy atom. The van der Waals surface area contributed by atoms with Crippen molar-refractivity contribution in [1.29, 1.82) is 0 Å². The monoisotopic (exact) mass is 524 g/mol.